The zero-order valence-corrected chi connectivity index (χ0v) is 16.2. The van der Waals surface area contributed by atoms with E-state index in [2.05, 4.69) is 5.32 Å². The van der Waals surface area contributed by atoms with Gasteiger partial charge in [0.05, 0.1) is 19.9 Å². The molecule has 1 saturated heterocycles. The summed E-state index contributed by atoms with van der Waals surface area (Å²) in [4.78, 5) is 26.4. The van der Waals surface area contributed by atoms with Crippen molar-refractivity contribution in [3.63, 3.8) is 0 Å². The molecule has 1 heterocycles. The highest BCUT2D eigenvalue weighted by molar-refractivity contribution is 7.80. The van der Waals surface area contributed by atoms with Crippen molar-refractivity contribution in [3.8, 4) is 11.5 Å². The number of halogens is 1. The van der Waals surface area contributed by atoms with E-state index in [9.17, 15) is 14.0 Å². The average Bonchev–Trinajstić information content (AvgIpc) is 2.67. The molecule has 0 saturated carbocycles. The molecule has 1 aliphatic rings. The van der Waals surface area contributed by atoms with Gasteiger partial charge in [-0.1, -0.05) is 12.1 Å². The topological polar surface area (TPSA) is 67.9 Å². The van der Waals surface area contributed by atoms with Gasteiger partial charge in [-0.3, -0.25) is 14.9 Å². The van der Waals surface area contributed by atoms with Gasteiger partial charge in [0.25, 0.3) is 11.8 Å². The van der Waals surface area contributed by atoms with Crippen LogP contribution in [0.4, 0.5) is 10.1 Å². The third-order valence-corrected chi connectivity index (χ3v) is 4.55. The van der Waals surface area contributed by atoms with Crippen LogP contribution < -0.4 is 19.7 Å². The number of nitrogens with zero attached hydrogens (tertiary/aromatic N) is 1. The van der Waals surface area contributed by atoms with Crippen molar-refractivity contribution in [2.75, 3.05) is 19.1 Å². The summed E-state index contributed by atoms with van der Waals surface area (Å²) in [6.07, 6.45) is 1.42. The first-order valence-corrected chi connectivity index (χ1v) is 8.66. The number of amides is 2. The van der Waals surface area contributed by atoms with Gasteiger partial charge in [-0.05, 0) is 60.6 Å². The van der Waals surface area contributed by atoms with Crippen molar-refractivity contribution >= 4 is 40.9 Å². The summed E-state index contributed by atoms with van der Waals surface area (Å²) in [5, 5.41) is 2.25. The summed E-state index contributed by atoms with van der Waals surface area (Å²) in [5.41, 5.74) is 1.13. The van der Waals surface area contributed by atoms with Gasteiger partial charge < -0.3 is 9.47 Å². The van der Waals surface area contributed by atoms with Crippen molar-refractivity contribution in [3.05, 3.63) is 58.9 Å². The van der Waals surface area contributed by atoms with Crippen LogP contribution in [-0.4, -0.2) is 31.1 Å². The maximum Gasteiger partial charge on any atom is 0.270 e. The van der Waals surface area contributed by atoms with Crippen LogP contribution in [0.1, 0.15) is 11.1 Å². The van der Waals surface area contributed by atoms with Crippen LogP contribution in [0.3, 0.4) is 0 Å². The Labute approximate surface area is 166 Å². The Balaban J connectivity index is 2.09. The summed E-state index contributed by atoms with van der Waals surface area (Å²) in [7, 11) is 3.00. The molecule has 6 nitrogen and oxygen atoms in total. The van der Waals surface area contributed by atoms with Gasteiger partial charge in [-0.15, -0.1) is 0 Å². The van der Waals surface area contributed by atoms with Gasteiger partial charge in [0, 0.05) is 0 Å². The number of carbonyl (C=O) groups excluding carboxylic acids is 2. The molecule has 0 spiro atoms. The standard InChI is InChI=1S/C20H17FN2O4S/c1-11-8-16(26-2)17(27-3)10-12(11)9-13-18(24)22-20(28)23(19(13)25)15-7-5-4-6-14(15)21/h4-10H,1-3H3,(H,22,24,28)/b13-9+. The van der Waals surface area contributed by atoms with Crippen LogP contribution >= 0.6 is 12.2 Å². The van der Waals surface area contributed by atoms with Gasteiger partial charge in [0.1, 0.15) is 11.4 Å². The second-order valence-corrected chi connectivity index (χ2v) is 6.36. The number of rotatable bonds is 4. The fourth-order valence-corrected chi connectivity index (χ4v) is 3.09. The largest absolute Gasteiger partial charge is 0.493 e. The zero-order valence-electron chi connectivity index (χ0n) is 15.4. The van der Waals surface area contributed by atoms with Crippen LogP contribution in [0.2, 0.25) is 0 Å². The molecule has 144 valence electrons. The maximum absolute atomic E-state index is 14.2. The second-order valence-electron chi connectivity index (χ2n) is 5.97. The van der Waals surface area contributed by atoms with E-state index in [0.717, 1.165) is 10.5 Å². The van der Waals surface area contributed by atoms with Crippen molar-refractivity contribution in [2.24, 2.45) is 0 Å². The highest BCUT2D eigenvalue weighted by Gasteiger charge is 2.35. The van der Waals surface area contributed by atoms with E-state index in [1.165, 1.54) is 38.5 Å². The summed E-state index contributed by atoms with van der Waals surface area (Å²) in [6, 6.07) is 9.09. The third kappa shape index (κ3) is 3.46. The Morgan fingerprint density at radius 3 is 2.39 bits per heavy atom. The van der Waals surface area contributed by atoms with Crippen LogP contribution in [0, 0.1) is 12.7 Å². The Morgan fingerprint density at radius 2 is 1.75 bits per heavy atom. The van der Waals surface area contributed by atoms with Crippen molar-refractivity contribution in [1.82, 2.24) is 5.32 Å². The van der Waals surface area contributed by atoms with E-state index in [0.29, 0.717) is 17.1 Å². The lowest BCUT2D eigenvalue weighted by molar-refractivity contribution is -0.122. The fourth-order valence-electron chi connectivity index (χ4n) is 2.82. The number of para-hydroxylation sites is 1. The Bertz CT molecular complexity index is 1020. The van der Waals surface area contributed by atoms with E-state index >= 15 is 0 Å². The van der Waals surface area contributed by atoms with Gasteiger partial charge >= 0.3 is 0 Å². The Hall–Kier alpha value is -3.26. The molecular weight excluding hydrogens is 383 g/mol. The molecule has 2 amide bonds. The minimum Gasteiger partial charge on any atom is -0.493 e. The van der Waals surface area contributed by atoms with Crippen LogP contribution in [0.15, 0.2) is 42.0 Å². The predicted octanol–water partition coefficient (Wildman–Crippen LogP) is 2.98. The number of anilines is 1. The first-order valence-electron chi connectivity index (χ1n) is 8.26. The van der Waals surface area contributed by atoms with Crippen LogP contribution in [-0.2, 0) is 9.59 Å². The monoisotopic (exact) mass is 400 g/mol. The molecule has 0 unspecified atom stereocenters. The molecule has 0 atom stereocenters. The van der Waals surface area contributed by atoms with Gasteiger partial charge in [0.15, 0.2) is 16.6 Å². The summed E-state index contributed by atoms with van der Waals surface area (Å²) in [6.45, 7) is 1.80. The highest BCUT2D eigenvalue weighted by Crippen LogP contribution is 2.32. The number of benzene rings is 2. The van der Waals surface area contributed by atoms with Crippen molar-refractivity contribution < 1.29 is 23.5 Å². The minimum atomic E-state index is -0.715. The first-order chi connectivity index (χ1) is 13.4. The van der Waals surface area contributed by atoms with Crippen LogP contribution in [0.25, 0.3) is 6.08 Å². The smallest absolute Gasteiger partial charge is 0.270 e. The molecule has 28 heavy (non-hydrogen) atoms. The molecule has 0 radical (unpaired) electrons. The maximum atomic E-state index is 14.2. The predicted molar refractivity (Wildman–Crippen MR) is 107 cm³/mol. The number of aryl methyl sites for hydroxylation is 1. The fraction of sp³-hybridized carbons (Fsp3) is 0.150. The lowest BCUT2D eigenvalue weighted by Crippen LogP contribution is -2.54. The summed E-state index contributed by atoms with van der Waals surface area (Å²) < 4.78 is 24.7. The van der Waals surface area contributed by atoms with Gasteiger partial charge in [-0.25, -0.2) is 9.29 Å². The summed E-state index contributed by atoms with van der Waals surface area (Å²) >= 11 is 5.08. The molecule has 2 aromatic carbocycles. The van der Waals surface area contributed by atoms with Gasteiger partial charge in [0.2, 0.25) is 0 Å². The normalized spacial score (nSPS) is 15.6. The molecule has 0 bridgehead atoms. The molecule has 1 N–H and O–H groups in total. The number of thiocarbonyl (C=S) groups is 1. The van der Waals surface area contributed by atoms with E-state index in [1.807, 2.05) is 0 Å². The SMILES string of the molecule is COc1cc(C)c(/C=C2\C(=O)NC(=S)N(c3ccccc3F)C2=O)cc1OC. The molecule has 3 rings (SSSR count). The third-order valence-electron chi connectivity index (χ3n) is 4.27. The molecule has 2 aromatic rings. The number of hydrogen-bond acceptors (Lipinski definition) is 5. The number of carbonyl (C=O) groups is 2. The summed E-state index contributed by atoms with van der Waals surface area (Å²) in [5.74, 6) is -1.03. The molecular formula is C20H17FN2O4S. The van der Waals surface area contributed by atoms with Crippen LogP contribution in [0.5, 0.6) is 11.5 Å². The molecule has 0 aliphatic carbocycles. The molecule has 0 aromatic heterocycles. The van der Waals surface area contributed by atoms with Crippen molar-refractivity contribution in [1.29, 1.82) is 0 Å². The number of ether oxygens (including phenoxy) is 2. The van der Waals surface area contributed by atoms with Gasteiger partial charge in [-0.2, -0.15) is 0 Å². The van der Waals surface area contributed by atoms with Crippen molar-refractivity contribution in [2.45, 2.75) is 6.92 Å². The second kappa shape index (κ2) is 7.77. The Morgan fingerprint density at radius 1 is 1.11 bits per heavy atom. The molecule has 1 fully saturated rings. The molecule has 1 aliphatic heterocycles. The lowest BCUT2D eigenvalue weighted by Gasteiger charge is -2.29. The zero-order chi connectivity index (χ0) is 20.4. The lowest BCUT2D eigenvalue weighted by atomic mass is 10.0. The quantitative estimate of drug-likeness (QED) is 0.486. The first kappa shape index (κ1) is 19.5. The van der Waals surface area contributed by atoms with E-state index in [1.54, 1.807) is 25.1 Å². The molecule has 8 heteroatoms. The number of hydrogen-bond donors (Lipinski definition) is 1. The van der Waals surface area contributed by atoms with E-state index < -0.39 is 17.6 Å². The number of nitrogens with one attached hydrogen (secondary N) is 1. The van der Waals surface area contributed by atoms with E-state index in [4.69, 9.17) is 21.7 Å². The minimum absolute atomic E-state index is 0.0348. The Kier molecular flexibility index (Phi) is 5.41. The highest BCUT2D eigenvalue weighted by atomic mass is 32.1. The van der Waals surface area contributed by atoms with E-state index in [-0.39, 0.29) is 16.4 Å². The number of methoxy groups -OCH3 is 2. The average molecular weight is 400 g/mol.